The van der Waals surface area contributed by atoms with Crippen LogP contribution in [0.5, 0.6) is 0 Å². The van der Waals surface area contributed by atoms with E-state index in [1.807, 2.05) is 4.68 Å². The van der Waals surface area contributed by atoms with Gasteiger partial charge in [-0.2, -0.15) is 5.10 Å². The molecule has 2 atom stereocenters. The van der Waals surface area contributed by atoms with E-state index in [1.165, 1.54) is 0 Å². The molecule has 1 N–H and O–H groups in total. The Balaban J connectivity index is 2.00. The molecular weight excluding hydrogens is 254 g/mol. The summed E-state index contributed by atoms with van der Waals surface area (Å²) in [6, 6.07) is 2.53. The van der Waals surface area contributed by atoms with Crippen LogP contribution in [0.1, 0.15) is 45.9 Å². The highest BCUT2D eigenvalue weighted by atomic mass is 16.5. The van der Waals surface area contributed by atoms with E-state index in [2.05, 4.69) is 50.0 Å². The van der Waals surface area contributed by atoms with E-state index in [1.54, 1.807) is 0 Å². The van der Waals surface area contributed by atoms with Gasteiger partial charge in [0.2, 0.25) is 0 Å². The molecule has 0 saturated carbocycles. The summed E-state index contributed by atoms with van der Waals surface area (Å²) in [6.07, 6.45) is 3.03. The van der Waals surface area contributed by atoms with Crippen molar-refractivity contribution in [1.82, 2.24) is 14.7 Å². The first kappa shape index (κ1) is 15.5. The molecule has 20 heavy (non-hydrogen) atoms. The first-order valence-corrected chi connectivity index (χ1v) is 7.48. The smallest absolute Gasteiger partial charge is 0.0940 e. The molecule has 0 amide bonds. The Morgan fingerprint density at radius 2 is 2.30 bits per heavy atom. The van der Waals surface area contributed by atoms with Gasteiger partial charge in [-0.3, -0.25) is 9.58 Å². The fraction of sp³-hybridized carbons (Fsp3) is 0.800. The van der Waals surface area contributed by atoms with Gasteiger partial charge in [0.05, 0.1) is 24.0 Å². The Morgan fingerprint density at radius 1 is 1.55 bits per heavy atom. The van der Waals surface area contributed by atoms with Crippen LogP contribution in [0.2, 0.25) is 0 Å². The van der Waals surface area contributed by atoms with Gasteiger partial charge in [0.25, 0.3) is 0 Å². The highest BCUT2D eigenvalue weighted by Gasteiger charge is 2.33. The molecule has 1 aromatic heterocycles. The second-order valence-corrected chi connectivity index (χ2v) is 6.40. The Bertz CT molecular complexity index is 431. The summed E-state index contributed by atoms with van der Waals surface area (Å²) in [5, 5.41) is 14.0. The quantitative estimate of drug-likeness (QED) is 0.894. The fourth-order valence-corrected chi connectivity index (χ4v) is 2.76. The van der Waals surface area contributed by atoms with E-state index in [0.717, 1.165) is 31.7 Å². The highest BCUT2D eigenvalue weighted by molar-refractivity contribution is 5.01. The maximum Gasteiger partial charge on any atom is 0.0940 e. The maximum atomic E-state index is 9.34. The summed E-state index contributed by atoms with van der Waals surface area (Å²) >= 11 is 0. The predicted molar refractivity (Wildman–Crippen MR) is 78.5 cm³/mol. The van der Waals surface area contributed by atoms with Crippen LogP contribution in [0.15, 0.2) is 12.3 Å². The largest absolute Gasteiger partial charge is 0.394 e. The zero-order valence-corrected chi connectivity index (χ0v) is 13.0. The molecule has 0 spiro atoms. The summed E-state index contributed by atoms with van der Waals surface area (Å²) in [5.41, 5.74) is 0.866. The lowest BCUT2D eigenvalue weighted by molar-refractivity contribution is -0.150. The van der Waals surface area contributed by atoms with E-state index in [-0.39, 0.29) is 18.3 Å². The lowest BCUT2D eigenvalue weighted by atomic mass is 10.1. The minimum Gasteiger partial charge on any atom is -0.394 e. The van der Waals surface area contributed by atoms with Crippen molar-refractivity contribution in [2.75, 3.05) is 19.7 Å². The van der Waals surface area contributed by atoms with E-state index in [0.29, 0.717) is 6.04 Å². The van der Waals surface area contributed by atoms with Crippen molar-refractivity contribution in [1.29, 1.82) is 0 Å². The number of hydrogen-bond donors (Lipinski definition) is 1. The van der Waals surface area contributed by atoms with Crippen LogP contribution in [0.25, 0.3) is 0 Å². The second-order valence-electron chi connectivity index (χ2n) is 6.40. The zero-order chi connectivity index (χ0) is 14.8. The first-order chi connectivity index (χ1) is 9.43. The SMILES string of the molecule is CCC(C)n1ccc(CN2CC(CO)OC(C)(C)C2)n1. The van der Waals surface area contributed by atoms with Gasteiger partial charge < -0.3 is 9.84 Å². The molecule has 0 bridgehead atoms. The molecule has 1 aliphatic rings. The third kappa shape index (κ3) is 3.81. The van der Waals surface area contributed by atoms with Gasteiger partial charge in [-0.1, -0.05) is 6.92 Å². The molecule has 1 fully saturated rings. The number of hydrogen-bond acceptors (Lipinski definition) is 4. The molecule has 2 unspecified atom stereocenters. The van der Waals surface area contributed by atoms with Crippen molar-refractivity contribution < 1.29 is 9.84 Å². The van der Waals surface area contributed by atoms with Gasteiger partial charge in [0, 0.05) is 31.9 Å². The molecular formula is C15H27N3O2. The van der Waals surface area contributed by atoms with Crippen molar-refractivity contribution in [2.24, 2.45) is 0 Å². The van der Waals surface area contributed by atoms with Crippen molar-refractivity contribution in [3.8, 4) is 0 Å². The Kier molecular flexibility index (Phi) is 4.83. The van der Waals surface area contributed by atoms with Crippen LogP contribution in [0.4, 0.5) is 0 Å². The molecule has 0 aromatic carbocycles. The lowest BCUT2D eigenvalue weighted by Crippen LogP contribution is -2.53. The molecule has 1 aromatic rings. The molecule has 1 saturated heterocycles. The van der Waals surface area contributed by atoms with E-state index >= 15 is 0 Å². The van der Waals surface area contributed by atoms with Crippen molar-refractivity contribution >= 4 is 0 Å². The summed E-state index contributed by atoms with van der Waals surface area (Å²) in [6.45, 7) is 11.0. The Hall–Kier alpha value is -0.910. The van der Waals surface area contributed by atoms with Crippen LogP contribution in [-0.4, -0.2) is 51.2 Å². The number of aliphatic hydroxyl groups excluding tert-OH is 1. The number of nitrogens with zero attached hydrogens (tertiary/aromatic N) is 3. The third-order valence-electron chi connectivity index (χ3n) is 3.85. The average Bonchev–Trinajstić information content (AvgIpc) is 2.84. The van der Waals surface area contributed by atoms with Gasteiger partial charge in [0.1, 0.15) is 0 Å². The van der Waals surface area contributed by atoms with Crippen LogP contribution < -0.4 is 0 Å². The fourth-order valence-electron chi connectivity index (χ4n) is 2.76. The van der Waals surface area contributed by atoms with E-state index in [9.17, 15) is 5.11 Å². The van der Waals surface area contributed by atoms with Gasteiger partial charge in [0.15, 0.2) is 0 Å². The second kappa shape index (κ2) is 6.24. The lowest BCUT2D eigenvalue weighted by Gasteiger charge is -2.42. The van der Waals surface area contributed by atoms with Crippen LogP contribution in [0.3, 0.4) is 0 Å². The molecule has 0 radical (unpaired) electrons. The topological polar surface area (TPSA) is 50.5 Å². The van der Waals surface area contributed by atoms with Crippen LogP contribution in [0, 0.1) is 0 Å². The van der Waals surface area contributed by atoms with Crippen molar-refractivity contribution in [3.05, 3.63) is 18.0 Å². The summed E-state index contributed by atoms with van der Waals surface area (Å²) < 4.78 is 7.87. The normalized spacial score (nSPS) is 24.8. The van der Waals surface area contributed by atoms with Gasteiger partial charge in [-0.15, -0.1) is 0 Å². The van der Waals surface area contributed by atoms with E-state index in [4.69, 9.17) is 4.74 Å². The van der Waals surface area contributed by atoms with Crippen LogP contribution in [-0.2, 0) is 11.3 Å². The molecule has 5 nitrogen and oxygen atoms in total. The number of aliphatic hydroxyl groups is 1. The molecule has 2 heterocycles. The Labute approximate surface area is 121 Å². The van der Waals surface area contributed by atoms with Crippen molar-refractivity contribution in [2.45, 2.75) is 58.4 Å². The maximum absolute atomic E-state index is 9.34. The molecule has 114 valence electrons. The molecule has 5 heteroatoms. The minimum absolute atomic E-state index is 0.0707. The van der Waals surface area contributed by atoms with Crippen LogP contribution >= 0.6 is 0 Å². The monoisotopic (exact) mass is 281 g/mol. The highest BCUT2D eigenvalue weighted by Crippen LogP contribution is 2.22. The number of aromatic nitrogens is 2. The first-order valence-electron chi connectivity index (χ1n) is 7.48. The molecule has 1 aliphatic heterocycles. The number of morpholine rings is 1. The Morgan fingerprint density at radius 3 is 2.95 bits per heavy atom. The van der Waals surface area contributed by atoms with Crippen molar-refractivity contribution in [3.63, 3.8) is 0 Å². The number of rotatable bonds is 5. The third-order valence-corrected chi connectivity index (χ3v) is 3.85. The summed E-state index contributed by atoms with van der Waals surface area (Å²) in [4.78, 5) is 2.31. The summed E-state index contributed by atoms with van der Waals surface area (Å²) in [5.74, 6) is 0. The number of ether oxygens (including phenoxy) is 1. The molecule has 0 aliphatic carbocycles. The average molecular weight is 281 g/mol. The summed E-state index contributed by atoms with van der Waals surface area (Å²) in [7, 11) is 0. The van der Waals surface area contributed by atoms with Gasteiger partial charge in [-0.25, -0.2) is 0 Å². The zero-order valence-electron chi connectivity index (χ0n) is 13.0. The standard InChI is InChI=1S/C15H27N3O2/c1-5-12(2)18-7-6-13(16-18)8-17-9-14(10-19)20-15(3,4)11-17/h6-7,12,14,19H,5,8-11H2,1-4H3. The van der Waals surface area contributed by atoms with Gasteiger partial charge >= 0.3 is 0 Å². The minimum atomic E-state index is -0.217. The van der Waals surface area contributed by atoms with E-state index < -0.39 is 0 Å². The predicted octanol–water partition coefficient (Wildman–Crippen LogP) is 1.83. The molecule has 2 rings (SSSR count). The van der Waals surface area contributed by atoms with Gasteiger partial charge in [-0.05, 0) is 33.3 Å².